The number of carbonyl (C=O) groups is 1. The average molecular weight is 367 g/mol. The molecular weight excluding hydrogens is 344 g/mol. The first-order chi connectivity index (χ1) is 11.6. The minimum atomic E-state index is -0.152. The number of methoxy groups -OCH3 is 2. The van der Waals surface area contributed by atoms with Gasteiger partial charge in [0, 0.05) is 38.3 Å². The fourth-order valence-corrected chi connectivity index (χ4v) is 3.06. The minimum Gasteiger partial charge on any atom is -0.497 e. The summed E-state index contributed by atoms with van der Waals surface area (Å²) in [5.41, 5.74) is 1.71. The lowest BCUT2D eigenvalue weighted by atomic mass is 9.90. The van der Waals surface area contributed by atoms with Gasteiger partial charge < -0.3 is 20.1 Å². The van der Waals surface area contributed by atoms with Crippen LogP contribution in [0.3, 0.4) is 0 Å². The summed E-state index contributed by atoms with van der Waals surface area (Å²) in [5, 5.41) is 10.5. The zero-order chi connectivity index (χ0) is 17.1. The molecule has 2 heterocycles. The lowest BCUT2D eigenvalue weighted by Gasteiger charge is -2.18. The zero-order valence-corrected chi connectivity index (χ0v) is 15.3. The van der Waals surface area contributed by atoms with Crippen LogP contribution in [0, 0.1) is 5.92 Å². The van der Waals surface area contributed by atoms with E-state index in [1.54, 1.807) is 37.1 Å². The zero-order valence-electron chi connectivity index (χ0n) is 14.5. The molecule has 7 nitrogen and oxygen atoms in total. The van der Waals surface area contributed by atoms with Crippen molar-refractivity contribution in [3.8, 4) is 11.5 Å². The first-order valence-electron chi connectivity index (χ1n) is 7.84. The minimum absolute atomic E-state index is 0. The molecule has 1 aliphatic heterocycles. The molecule has 0 bridgehead atoms. The van der Waals surface area contributed by atoms with Crippen molar-refractivity contribution in [3.05, 3.63) is 36.2 Å². The van der Waals surface area contributed by atoms with Gasteiger partial charge in [-0.1, -0.05) is 0 Å². The Morgan fingerprint density at radius 3 is 2.76 bits per heavy atom. The molecule has 0 unspecified atom stereocenters. The van der Waals surface area contributed by atoms with Gasteiger partial charge >= 0.3 is 0 Å². The maximum absolute atomic E-state index is 12.8. The molecule has 0 radical (unpaired) electrons. The van der Waals surface area contributed by atoms with Crippen molar-refractivity contribution >= 4 is 24.0 Å². The topological polar surface area (TPSA) is 77.4 Å². The van der Waals surface area contributed by atoms with Crippen LogP contribution in [0.4, 0.5) is 5.69 Å². The van der Waals surface area contributed by atoms with Crippen LogP contribution in [-0.2, 0) is 11.8 Å². The summed E-state index contributed by atoms with van der Waals surface area (Å²) in [6.07, 6.45) is 3.79. The Labute approximate surface area is 153 Å². The van der Waals surface area contributed by atoms with E-state index in [1.165, 1.54) is 0 Å². The van der Waals surface area contributed by atoms with E-state index >= 15 is 0 Å². The van der Waals surface area contributed by atoms with E-state index in [1.807, 2.05) is 19.4 Å². The molecule has 8 heteroatoms. The highest BCUT2D eigenvalue weighted by molar-refractivity contribution is 5.95. The van der Waals surface area contributed by atoms with Crippen molar-refractivity contribution in [1.29, 1.82) is 0 Å². The number of hydrogen-bond donors (Lipinski definition) is 2. The van der Waals surface area contributed by atoms with Gasteiger partial charge in [-0.05, 0) is 17.7 Å². The van der Waals surface area contributed by atoms with Gasteiger partial charge in [0.05, 0.1) is 32.0 Å². The summed E-state index contributed by atoms with van der Waals surface area (Å²) in [7, 11) is 5.04. The second kappa shape index (κ2) is 8.22. The number of aryl methyl sites for hydroxylation is 1. The summed E-state index contributed by atoms with van der Waals surface area (Å²) < 4.78 is 12.3. The number of amides is 1. The first-order valence-corrected chi connectivity index (χ1v) is 7.84. The van der Waals surface area contributed by atoms with Crippen LogP contribution in [0.15, 0.2) is 30.6 Å². The summed E-state index contributed by atoms with van der Waals surface area (Å²) in [4.78, 5) is 12.8. The number of carbonyl (C=O) groups excluding carboxylic acids is 1. The van der Waals surface area contributed by atoms with E-state index in [4.69, 9.17) is 9.47 Å². The Balaban J connectivity index is 0.00000225. The number of hydrogen-bond acceptors (Lipinski definition) is 5. The number of benzene rings is 1. The van der Waals surface area contributed by atoms with Gasteiger partial charge in [-0.15, -0.1) is 12.4 Å². The van der Waals surface area contributed by atoms with Crippen LogP contribution in [0.5, 0.6) is 11.5 Å². The Hall–Kier alpha value is -2.25. The van der Waals surface area contributed by atoms with Gasteiger partial charge in [0.25, 0.3) is 0 Å². The average Bonchev–Trinajstić information content (AvgIpc) is 3.23. The molecule has 0 spiro atoms. The highest BCUT2D eigenvalue weighted by atomic mass is 35.5. The van der Waals surface area contributed by atoms with Gasteiger partial charge in [0.15, 0.2) is 0 Å². The van der Waals surface area contributed by atoms with Crippen LogP contribution in [0.1, 0.15) is 11.5 Å². The summed E-state index contributed by atoms with van der Waals surface area (Å²) >= 11 is 0. The normalized spacial score (nSPS) is 19.2. The molecule has 25 heavy (non-hydrogen) atoms. The number of aromatic nitrogens is 2. The summed E-state index contributed by atoms with van der Waals surface area (Å²) in [5.74, 6) is 1.19. The van der Waals surface area contributed by atoms with E-state index in [0.717, 1.165) is 12.1 Å². The van der Waals surface area contributed by atoms with Crippen LogP contribution in [0.25, 0.3) is 0 Å². The van der Waals surface area contributed by atoms with Crippen molar-refractivity contribution in [3.63, 3.8) is 0 Å². The second-order valence-corrected chi connectivity index (χ2v) is 5.87. The van der Waals surface area contributed by atoms with Crippen LogP contribution in [-0.4, -0.2) is 43.0 Å². The Morgan fingerprint density at radius 2 is 2.12 bits per heavy atom. The molecule has 0 aliphatic carbocycles. The molecule has 1 aliphatic rings. The summed E-state index contributed by atoms with van der Waals surface area (Å²) in [6.45, 7) is 1.41. The van der Waals surface area contributed by atoms with E-state index < -0.39 is 0 Å². The molecule has 1 aromatic carbocycles. The quantitative estimate of drug-likeness (QED) is 0.843. The number of halogens is 1. The Kier molecular flexibility index (Phi) is 6.27. The lowest BCUT2D eigenvalue weighted by Crippen LogP contribution is -2.28. The molecule has 3 rings (SSSR count). The van der Waals surface area contributed by atoms with E-state index in [-0.39, 0.29) is 30.2 Å². The Bertz CT molecular complexity index is 734. The molecule has 136 valence electrons. The monoisotopic (exact) mass is 366 g/mol. The van der Waals surface area contributed by atoms with Crippen LogP contribution in [0.2, 0.25) is 0 Å². The number of ether oxygens (including phenoxy) is 2. The Morgan fingerprint density at radius 1 is 1.32 bits per heavy atom. The third-order valence-corrected chi connectivity index (χ3v) is 4.37. The predicted molar refractivity (Wildman–Crippen MR) is 97.7 cm³/mol. The third-order valence-electron chi connectivity index (χ3n) is 4.37. The SMILES string of the molecule is COc1ccc(NC(=O)[C@H]2CNC[C@@H]2c2cnn(C)c2)c(OC)c1.Cl. The fraction of sp³-hybridized carbons (Fsp3) is 0.412. The van der Waals surface area contributed by atoms with Gasteiger partial charge in [-0.2, -0.15) is 5.10 Å². The highest BCUT2D eigenvalue weighted by Crippen LogP contribution is 2.32. The molecular formula is C17H23ClN4O3. The number of rotatable bonds is 5. The maximum atomic E-state index is 12.8. The number of nitrogens with one attached hydrogen (secondary N) is 2. The molecule has 1 fully saturated rings. The van der Waals surface area contributed by atoms with E-state index in [0.29, 0.717) is 23.7 Å². The maximum Gasteiger partial charge on any atom is 0.229 e. The van der Waals surface area contributed by atoms with Crippen LogP contribution >= 0.6 is 12.4 Å². The summed E-state index contributed by atoms with van der Waals surface area (Å²) in [6, 6.07) is 5.34. The molecule has 2 atom stereocenters. The van der Waals surface area contributed by atoms with Gasteiger partial charge in [-0.25, -0.2) is 0 Å². The van der Waals surface area contributed by atoms with E-state index in [2.05, 4.69) is 15.7 Å². The van der Waals surface area contributed by atoms with Gasteiger partial charge in [0.2, 0.25) is 5.91 Å². The molecule has 1 amide bonds. The smallest absolute Gasteiger partial charge is 0.229 e. The van der Waals surface area contributed by atoms with E-state index in [9.17, 15) is 4.79 Å². The van der Waals surface area contributed by atoms with Gasteiger partial charge in [-0.3, -0.25) is 9.48 Å². The molecule has 1 aromatic heterocycles. The van der Waals surface area contributed by atoms with Crippen molar-refractivity contribution in [1.82, 2.24) is 15.1 Å². The predicted octanol–water partition coefficient (Wildman–Crippen LogP) is 1.80. The van der Waals surface area contributed by atoms with Crippen molar-refractivity contribution in [2.24, 2.45) is 13.0 Å². The molecule has 2 aromatic rings. The fourth-order valence-electron chi connectivity index (χ4n) is 3.06. The molecule has 1 saturated heterocycles. The lowest BCUT2D eigenvalue weighted by molar-refractivity contribution is -0.119. The van der Waals surface area contributed by atoms with Crippen LogP contribution < -0.4 is 20.1 Å². The molecule has 2 N–H and O–H groups in total. The van der Waals surface area contributed by atoms with Crippen molar-refractivity contribution in [2.45, 2.75) is 5.92 Å². The standard InChI is InChI=1S/C17H22N4O3.ClH/c1-21-10-11(7-19-21)13-8-18-9-14(13)17(22)20-15-5-4-12(23-2)6-16(15)24-3;/h4-7,10,13-14,18H,8-9H2,1-3H3,(H,20,22);1H/t13-,14+;/m1./s1. The second-order valence-electron chi connectivity index (χ2n) is 5.87. The molecule has 0 saturated carbocycles. The number of anilines is 1. The van der Waals surface area contributed by atoms with Crippen molar-refractivity contribution in [2.75, 3.05) is 32.6 Å². The number of nitrogens with zero attached hydrogens (tertiary/aromatic N) is 2. The largest absolute Gasteiger partial charge is 0.497 e. The highest BCUT2D eigenvalue weighted by Gasteiger charge is 2.35. The first kappa shape index (κ1) is 19.1. The van der Waals surface area contributed by atoms with Gasteiger partial charge in [0.1, 0.15) is 11.5 Å². The van der Waals surface area contributed by atoms with Crippen molar-refractivity contribution < 1.29 is 14.3 Å². The third kappa shape index (κ3) is 4.05.